The second kappa shape index (κ2) is 18.3. The van der Waals surface area contributed by atoms with E-state index in [1.165, 1.54) is 37.8 Å². The molecule has 0 aliphatic rings. The van der Waals surface area contributed by atoms with E-state index in [0.717, 1.165) is 35.0 Å². The van der Waals surface area contributed by atoms with E-state index in [4.69, 9.17) is 0 Å². The number of hydrogen-bond acceptors (Lipinski definition) is 5. The summed E-state index contributed by atoms with van der Waals surface area (Å²) < 4.78 is 12.8. The Hall–Kier alpha value is -2.99. The Bertz CT molecular complexity index is 989. The highest BCUT2D eigenvalue weighted by Crippen LogP contribution is 2.18. The minimum atomic E-state index is -0.212. The molecule has 0 spiro atoms. The molecule has 1 atom stereocenters. The standard InChI is InChI=1S/C24H32FN5.C7H16/c1-6-20-11-13-22(14-12-20)30-24-27-16-23(18(4)28-24)29-19(5)26-15-21(7-2)10-8-9-17(3)25;1-4-5-6-7(2)3/h7-14,16,19,26,29H,6,15H2,1-5H3,(H,27,28,30);7H,4-6H2,1-3H3/b10-8-,17-9+,21-7+;. The summed E-state index contributed by atoms with van der Waals surface area (Å²) in [6.07, 6.45) is 14.0. The maximum atomic E-state index is 12.8. The highest BCUT2D eigenvalue weighted by Gasteiger charge is 2.07. The largest absolute Gasteiger partial charge is 0.367 e. The summed E-state index contributed by atoms with van der Waals surface area (Å²) in [5.41, 5.74) is 5.07. The summed E-state index contributed by atoms with van der Waals surface area (Å²) in [6.45, 7) is 17.0. The van der Waals surface area contributed by atoms with Crippen molar-refractivity contribution in [2.24, 2.45) is 5.92 Å². The van der Waals surface area contributed by atoms with Crippen LogP contribution in [0.25, 0.3) is 0 Å². The van der Waals surface area contributed by atoms with Crippen LogP contribution < -0.4 is 16.0 Å². The van der Waals surface area contributed by atoms with Gasteiger partial charge in [-0.1, -0.05) is 77.3 Å². The van der Waals surface area contributed by atoms with Gasteiger partial charge < -0.3 is 10.6 Å². The molecule has 5 nitrogen and oxygen atoms in total. The first-order chi connectivity index (χ1) is 17.7. The van der Waals surface area contributed by atoms with Gasteiger partial charge >= 0.3 is 0 Å². The number of aromatic nitrogens is 2. The summed E-state index contributed by atoms with van der Waals surface area (Å²) in [6, 6.07) is 8.27. The topological polar surface area (TPSA) is 61.9 Å². The van der Waals surface area contributed by atoms with E-state index < -0.39 is 0 Å². The lowest BCUT2D eigenvalue weighted by atomic mass is 10.1. The van der Waals surface area contributed by atoms with E-state index in [0.29, 0.717) is 12.5 Å². The third kappa shape index (κ3) is 14.4. The molecule has 37 heavy (non-hydrogen) atoms. The highest BCUT2D eigenvalue weighted by atomic mass is 19.1. The number of aryl methyl sites for hydroxylation is 2. The Labute approximate surface area is 224 Å². The van der Waals surface area contributed by atoms with Crippen LogP contribution in [-0.4, -0.2) is 22.7 Å². The molecule has 1 aromatic heterocycles. The van der Waals surface area contributed by atoms with Gasteiger partial charge in [0.05, 0.1) is 29.6 Å². The first-order valence-electron chi connectivity index (χ1n) is 13.5. The zero-order valence-electron chi connectivity index (χ0n) is 24.2. The molecular weight excluding hydrogens is 461 g/mol. The fourth-order valence-electron chi connectivity index (χ4n) is 3.35. The molecule has 204 valence electrons. The molecule has 2 aromatic rings. The van der Waals surface area contributed by atoms with Gasteiger partial charge in [0.1, 0.15) is 0 Å². The molecule has 0 bridgehead atoms. The maximum Gasteiger partial charge on any atom is 0.227 e. The zero-order chi connectivity index (χ0) is 27.6. The van der Waals surface area contributed by atoms with Crippen molar-refractivity contribution in [3.05, 3.63) is 77.4 Å². The van der Waals surface area contributed by atoms with E-state index in [9.17, 15) is 4.39 Å². The quantitative estimate of drug-likeness (QED) is 0.186. The molecule has 0 saturated carbocycles. The summed E-state index contributed by atoms with van der Waals surface area (Å²) in [7, 11) is 0. The summed E-state index contributed by atoms with van der Waals surface area (Å²) in [5, 5.41) is 10.0. The lowest BCUT2D eigenvalue weighted by Crippen LogP contribution is -2.34. The number of hydrogen-bond donors (Lipinski definition) is 3. The van der Waals surface area contributed by atoms with Crippen LogP contribution in [0.4, 0.5) is 21.7 Å². The molecule has 6 heteroatoms. The highest BCUT2D eigenvalue weighted by molar-refractivity contribution is 5.56. The van der Waals surface area contributed by atoms with Crippen molar-refractivity contribution in [1.29, 1.82) is 0 Å². The van der Waals surface area contributed by atoms with Gasteiger partial charge in [0.15, 0.2) is 0 Å². The van der Waals surface area contributed by atoms with E-state index in [-0.39, 0.29) is 12.0 Å². The van der Waals surface area contributed by atoms with Crippen LogP contribution in [0, 0.1) is 12.8 Å². The zero-order valence-corrected chi connectivity index (χ0v) is 24.2. The maximum absolute atomic E-state index is 12.8. The fourth-order valence-corrected chi connectivity index (χ4v) is 3.35. The molecule has 1 heterocycles. The third-order valence-electron chi connectivity index (χ3n) is 5.72. The molecular formula is C31H48FN5. The third-order valence-corrected chi connectivity index (χ3v) is 5.72. The van der Waals surface area contributed by atoms with Crippen LogP contribution >= 0.6 is 0 Å². The summed E-state index contributed by atoms with van der Waals surface area (Å²) in [5.74, 6) is 1.26. The Kier molecular flexibility index (Phi) is 15.8. The minimum absolute atomic E-state index is 0.00880. The monoisotopic (exact) mass is 509 g/mol. The predicted molar refractivity (Wildman–Crippen MR) is 159 cm³/mol. The molecule has 0 radical (unpaired) electrons. The van der Waals surface area contributed by atoms with E-state index in [2.05, 4.69) is 65.7 Å². The van der Waals surface area contributed by atoms with E-state index in [1.54, 1.807) is 12.3 Å². The van der Waals surface area contributed by atoms with Gasteiger partial charge in [-0.15, -0.1) is 0 Å². The van der Waals surface area contributed by atoms with E-state index >= 15 is 0 Å². The Morgan fingerprint density at radius 3 is 2.32 bits per heavy atom. The summed E-state index contributed by atoms with van der Waals surface area (Å²) >= 11 is 0. The number of nitrogens with one attached hydrogen (secondary N) is 3. The van der Waals surface area contributed by atoms with Gasteiger partial charge in [0.2, 0.25) is 5.95 Å². The van der Waals surface area contributed by atoms with Crippen molar-refractivity contribution in [3.63, 3.8) is 0 Å². The van der Waals surface area contributed by atoms with Crippen molar-refractivity contribution in [2.45, 2.75) is 87.2 Å². The molecule has 1 aromatic carbocycles. The molecule has 0 amide bonds. The van der Waals surface area contributed by atoms with Crippen molar-refractivity contribution in [2.75, 3.05) is 17.2 Å². The Morgan fingerprint density at radius 1 is 1.11 bits per heavy atom. The number of nitrogens with zero attached hydrogens (tertiary/aromatic N) is 2. The average molecular weight is 510 g/mol. The molecule has 2 rings (SSSR count). The fraction of sp³-hybridized carbons (Fsp3) is 0.484. The van der Waals surface area contributed by atoms with Crippen LogP contribution in [0.2, 0.25) is 0 Å². The minimum Gasteiger partial charge on any atom is -0.367 e. The molecule has 1 unspecified atom stereocenters. The van der Waals surface area contributed by atoms with E-state index in [1.807, 2.05) is 45.1 Å². The van der Waals surface area contributed by atoms with Crippen molar-refractivity contribution < 1.29 is 4.39 Å². The number of benzene rings is 1. The molecule has 3 N–H and O–H groups in total. The number of unbranched alkanes of at least 4 members (excludes halogenated alkanes) is 1. The van der Waals surface area contributed by atoms with Crippen molar-refractivity contribution >= 4 is 17.3 Å². The number of rotatable bonds is 13. The van der Waals surface area contributed by atoms with Crippen molar-refractivity contribution in [3.8, 4) is 0 Å². The SMILES string of the molecule is CCCCC(C)C.C\C=C(/C=C\C=C(/C)F)CNC(C)Nc1cnc(Nc2ccc(CC)cc2)nc1C. The summed E-state index contributed by atoms with van der Waals surface area (Å²) in [4.78, 5) is 8.98. The number of anilines is 3. The van der Waals surface area contributed by atoms with Crippen LogP contribution in [0.3, 0.4) is 0 Å². The Balaban J connectivity index is 0.000000856. The number of halogens is 1. The first kappa shape index (κ1) is 32.0. The first-order valence-corrected chi connectivity index (χ1v) is 13.5. The second-order valence-electron chi connectivity index (χ2n) is 9.63. The normalized spacial score (nSPS) is 12.9. The molecule has 0 aliphatic heterocycles. The second-order valence-corrected chi connectivity index (χ2v) is 9.63. The van der Waals surface area contributed by atoms with Gasteiger partial charge in [-0.2, -0.15) is 0 Å². The van der Waals surface area contributed by atoms with Gasteiger partial charge in [-0.05, 0) is 69.4 Å². The van der Waals surface area contributed by atoms with Gasteiger partial charge in [0, 0.05) is 12.2 Å². The Morgan fingerprint density at radius 2 is 1.81 bits per heavy atom. The van der Waals surface area contributed by atoms with Crippen LogP contribution in [0.5, 0.6) is 0 Å². The van der Waals surface area contributed by atoms with Gasteiger partial charge in [0.25, 0.3) is 0 Å². The van der Waals surface area contributed by atoms with Crippen LogP contribution in [0.15, 0.2) is 66.2 Å². The molecule has 0 aliphatic carbocycles. The molecule has 0 saturated heterocycles. The van der Waals surface area contributed by atoms with Crippen molar-refractivity contribution in [1.82, 2.24) is 15.3 Å². The van der Waals surface area contributed by atoms with Gasteiger partial charge in [-0.3, -0.25) is 5.32 Å². The lowest BCUT2D eigenvalue weighted by molar-refractivity contribution is 0.550. The number of allylic oxidation sites excluding steroid dienone is 4. The molecule has 0 fully saturated rings. The van der Waals surface area contributed by atoms with Crippen LogP contribution in [-0.2, 0) is 6.42 Å². The van der Waals surface area contributed by atoms with Gasteiger partial charge in [-0.25, -0.2) is 14.4 Å². The predicted octanol–water partition coefficient (Wildman–Crippen LogP) is 8.65. The lowest BCUT2D eigenvalue weighted by Gasteiger charge is -2.18. The average Bonchev–Trinajstić information content (AvgIpc) is 2.87. The smallest absolute Gasteiger partial charge is 0.227 e. The van der Waals surface area contributed by atoms with Crippen LogP contribution in [0.1, 0.15) is 79.0 Å².